The molecule has 0 bridgehead atoms. The van der Waals surface area contributed by atoms with Gasteiger partial charge in [-0.1, -0.05) is 52.2 Å². The van der Waals surface area contributed by atoms with Gasteiger partial charge in [0.1, 0.15) is 0 Å². The van der Waals surface area contributed by atoms with Crippen LogP contribution in [0.25, 0.3) is 0 Å². The van der Waals surface area contributed by atoms with Crippen LogP contribution in [0, 0.1) is 0 Å². The Kier molecular flexibility index (Phi) is 4.79. The molecule has 0 saturated carbocycles. The molecule has 0 radical (unpaired) electrons. The van der Waals surface area contributed by atoms with Crippen molar-refractivity contribution in [1.29, 1.82) is 0 Å². The van der Waals surface area contributed by atoms with Gasteiger partial charge in [0.15, 0.2) is 0 Å². The van der Waals surface area contributed by atoms with Crippen molar-refractivity contribution >= 4 is 6.85 Å². The van der Waals surface area contributed by atoms with Gasteiger partial charge in [0.2, 0.25) is 6.85 Å². The highest BCUT2D eigenvalue weighted by atomic mass is 14.4. The fourth-order valence-electron chi connectivity index (χ4n) is 1.11. The SMILES string of the molecule is CCC(C)B(N)C(C)CC. The lowest BCUT2D eigenvalue weighted by atomic mass is 9.44. The molecular weight excluding hydrogens is 121 g/mol. The summed E-state index contributed by atoms with van der Waals surface area (Å²) < 4.78 is 0. The maximum absolute atomic E-state index is 5.98. The zero-order valence-electron chi connectivity index (χ0n) is 7.72. The summed E-state index contributed by atoms with van der Waals surface area (Å²) in [4.78, 5) is 0. The topological polar surface area (TPSA) is 26.0 Å². The highest BCUT2D eigenvalue weighted by Gasteiger charge is 2.20. The molecule has 2 unspecified atom stereocenters. The van der Waals surface area contributed by atoms with Crippen LogP contribution in [0.15, 0.2) is 0 Å². The monoisotopic (exact) mass is 141 g/mol. The van der Waals surface area contributed by atoms with Gasteiger partial charge in [-0.2, -0.15) is 0 Å². The molecule has 0 aromatic heterocycles. The van der Waals surface area contributed by atoms with Crippen LogP contribution in [0.4, 0.5) is 0 Å². The van der Waals surface area contributed by atoms with E-state index >= 15 is 0 Å². The van der Waals surface area contributed by atoms with Crippen LogP contribution in [0.3, 0.4) is 0 Å². The molecule has 0 rings (SSSR count). The summed E-state index contributed by atoms with van der Waals surface area (Å²) in [5.74, 6) is 1.35. The lowest BCUT2D eigenvalue weighted by molar-refractivity contribution is 0.778. The fraction of sp³-hybridized carbons (Fsp3) is 1.00. The summed E-state index contributed by atoms with van der Waals surface area (Å²) in [6.07, 6.45) is 2.40. The van der Waals surface area contributed by atoms with Crippen molar-refractivity contribution in [2.24, 2.45) is 5.64 Å². The molecule has 0 aromatic rings. The van der Waals surface area contributed by atoms with Crippen LogP contribution in [0.1, 0.15) is 40.5 Å². The summed E-state index contributed by atoms with van der Waals surface area (Å²) in [5, 5.41) is 0. The van der Waals surface area contributed by atoms with E-state index < -0.39 is 0 Å². The average Bonchev–Trinajstić information content (AvgIpc) is 2.00. The molecule has 0 heterocycles. The Morgan fingerprint density at radius 1 is 1.10 bits per heavy atom. The van der Waals surface area contributed by atoms with Gasteiger partial charge in [0, 0.05) is 0 Å². The third kappa shape index (κ3) is 2.74. The number of nitrogens with two attached hydrogens (primary N) is 1. The Morgan fingerprint density at radius 3 is 1.60 bits per heavy atom. The first-order chi connectivity index (χ1) is 4.63. The number of hydrogen-bond donors (Lipinski definition) is 1. The predicted molar refractivity (Wildman–Crippen MR) is 49.4 cm³/mol. The van der Waals surface area contributed by atoms with E-state index in [1.807, 2.05) is 0 Å². The molecule has 0 saturated heterocycles. The van der Waals surface area contributed by atoms with Gasteiger partial charge in [0.25, 0.3) is 0 Å². The lowest BCUT2D eigenvalue weighted by Crippen LogP contribution is -2.34. The van der Waals surface area contributed by atoms with E-state index in [-0.39, 0.29) is 0 Å². The minimum absolute atomic E-state index is 0.398. The van der Waals surface area contributed by atoms with Gasteiger partial charge in [0.05, 0.1) is 0 Å². The quantitative estimate of drug-likeness (QED) is 0.598. The minimum Gasteiger partial charge on any atom is -0.369 e. The second-order valence-electron chi connectivity index (χ2n) is 3.35. The van der Waals surface area contributed by atoms with Crippen LogP contribution in [0.2, 0.25) is 11.6 Å². The predicted octanol–water partition coefficient (Wildman–Crippen LogP) is 2.54. The maximum Gasteiger partial charge on any atom is 0.223 e. The molecule has 2 heteroatoms. The largest absolute Gasteiger partial charge is 0.369 e. The second kappa shape index (κ2) is 4.78. The molecule has 10 heavy (non-hydrogen) atoms. The zero-order chi connectivity index (χ0) is 8.15. The minimum atomic E-state index is 0.398. The maximum atomic E-state index is 5.98. The lowest BCUT2D eigenvalue weighted by Gasteiger charge is -2.19. The summed E-state index contributed by atoms with van der Waals surface area (Å²) in [5.41, 5.74) is 5.98. The van der Waals surface area contributed by atoms with Crippen LogP contribution in [-0.2, 0) is 0 Å². The fourth-order valence-corrected chi connectivity index (χ4v) is 1.11. The first kappa shape index (κ1) is 10.0. The zero-order valence-corrected chi connectivity index (χ0v) is 7.72. The van der Waals surface area contributed by atoms with Crippen molar-refractivity contribution in [2.75, 3.05) is 0 Å². The molecular formula is C8H20BN. The van der Waals surface area contributed by atoms with E-state index in [4.69, 9.17) is 5.64 Å². The normalized spacial score (nSPS) is 16.5. The second-order valence-corrected chi connectivity index (χ2v) is 3.35. The third-order valence-electron chi connectivity index (χ3n) is 2.60. The molecule has 2 N–H and O–H groups in total. The van der Waals surface area contributed by atoms with Crippen LogP contribution in [-0.4, -0.2) is 6.85 Å². The van der Waals surface area contributed by atoms with Crippen LogP contribution >= 0.6 is 0 Å². The molecule has 0 aliphatic heterocycles. The number of hydrogen-bond acceptors (Lipinski definition) is 1. The Balaban J connectivity index is 3.69. The van der Waals surface area contributed by atoms with Crippen molar-refractivity contribution in [2.45, 2.75) is 52.2 Å². The first-order valence-electron chi connectivity index (χ1n) is 4.39. The molecule has 2 atom stereocenters. The summed E-state index contributed by atoms with van der Waals surface area (Å²) in [6, 6.07) is 0. The van der Waals surface area contributed by atoms with Gasteiger partial charge >= 0.3 is 0 Å². The molecule has 0 fully saturated rings. The van der Waals surface area contributed by atoms with Crippen molar-refractivity contribution in [1.82, 2.24) is 0 Å². The first-order valence-corrected chi connectivity index (χ1v) is 4.39. The standard InChI is InChI=1S/C8H20BN/c1-5-7(3)9(10)8(4)6-2/h7-8H,5-6,10H2,1-4H3. The van der Waals surface area contributed by atoms with E-state index in [1.54, 1.807) is 0 Å². The van der Waals surface area contributed by atoms with E-state index in [0.29, 0.717) is 18.5 Å². The highest BCUT2D eigenvalue weighted by Crippen LogP contribution is 2.21. The molecule has 60 valence electrons. The Hall–Kier alpha value is 0.0249. The summed E-state index contributed by atoms with van der Waals surface area (Å²) in [6.45, 7) is 9.27. The van der Waals surface area contributed by atoms with Crippen molar-refractivity contribution in [3.05, 3.63) is 0 Å². The van der Waals surface area contributed by atoms with E-state index in [0.717, 1.165) is 0 Å². The molecule has 0 aromatic carbocycles. The average molecular weight is 141 g/mol. The Bertz CT molecular complexity index is 75.3. The Morgan fingerprint density at radius 2 is 1.40 bits per heavy atom. The van der Waals surface area contributed by atoms with Crippen LogP contribution in [0.5, 0.6) is 0 Å². The smallest absolute Gasteiger partial charge is 0.223 e. The van der Waals surface area contributed by atoms with Crippen molar-refractivity contribution in [3.8, 4) is 0 Å². The molecule has 0 aliphatic rings. The van der Waals surface area contributed by atoms with Gasteiger partial charge < -0.3 is 5.64 Å². The summed E-state index contributed by atoms with van der Waals surface area (Å²) in [7, 11) is 0. The molecule has 0 aliphatic carbocycles. The van der Waals surface area contributed by atoms with E-state index in [1.165, 1.54) is 12.8 Å². The van der Waals surface area contributed by atoms with Crippen molar-refractivity contribution in [3.63, 3.8) is 0 Å². The highest BCUT2D eigenvalue weighted by molar-refractivity contribution is 6.58. The van der Waals surface area contributed by atoms with Crippen molar-refractivity contribution < 1.29 is 0 Å². The summed E-state index contributed by atoms with van der Waals surface area (Å²) >= 11 is 0. The van der Waals surface area contributed by atoms with Gasteiger partial charge in [-0.3, -0.25) is 0 Å². The van der Waals surface area contributed by atoms with Crippen LogP contribution < -0.4 is 5.64 Å². The molecule has 0 spiro atoms. The molecule has 1 nitrogen and oxygen atoms in total. The van der Waals surface area contributed by atoms with E-state index in [2.05, 4.69) is 27.7 Å². The number of rotatable bonds is 4. The third-order valence-corrected chi connectivity index (χ3v) is 2.60. The molecule has 0 amide bonds. The van der Waals surface area contributed by atoms with E-state index in [9.17, 15) is 0 Å². The Labute approximate surface area is 65.5 Å². The van der Waals surface area contributed by atoms with Gasteiger partial charge in [-0.15, -0.1) is 0 Å². The van der Waals surface area contributed by atoms with Gasteiger partial charge in [-0.25, -0.2) is 0 Å². The van der Waals surface area contributed by atoms with Gasteiger partial charge in [-0.05, 0) is 0 Å².